The van der Waals surface area contributed by atoms with Crippen molar-refractivity contribution in [1.82, 2.24) is 29.5 Å². The molecule has 1 fully saturated rings. The molecule has 2 unspecified atom stereocenters. The summed E-state index contributed by atoms with van der Waals surface area (Å²) in [7, 11) is 0. The van der Waals surface area contributed by atoms with Gasteiger partial charge in [-0.15, -0.1) is 0 Å². The van der Waals surface area contributed by atoms with Crippen LogP contribution in [0.5, 0.6) is 5.75 Å². The van der Waals surface area contributed by atoms with E-state index in [0.29, 0.717) is 46.4 Å². The third-order valence-electron chi connectivity index (χ3n) is 6.72. The lowest BCUT2D eigenvalue weighted by atomic mass is 10.1. The topological polar surface area (TPSA) is 120 Å². The van der Waals surface area contributed by atoms with Crippen molar-refractivity contribution in [3.63, 3.8) is 0 Å². The van der Waals surface area contributed by atoms with Gasteiger partial charge in [0, 0.05) is 12.7 Å². The Bertz CT molecular complexity index is 1690. The van der Waals surface area contributed by atoms with Crippen molar-refractivity contribution in [2.24, 2.45) is 0 Å². The van der Waals surface area contributed by atoms with Gasteiger partial charge in [0.25, 0.3) is 5.56 Å². The van der Waals surface area contributed by atoms with E-state index in [9.17, 15) is 9.18 Å². The lowest BCUT2D eigenvalue weighted by Gasteiger charge is -2.24. The third kappa shape index (κ3) is 4.34. The van der Waals surface area contributed by atoms with E-state index in [0.717, 1.165) is 19.4 Å². The van der Waals surface area contributed by atoms with Crippen LogP contribution in [0.3, 0.4) is 0 Å². The fourth-order valence-corrected chi connectivity index (χ4v) is 4.80. The molecule has 5 aromatic rings. The lowest BCUT2D eigenvalue weighted by Crippen LogP contribution is -2.29. The molecule has 0 bridgehead atoms. The second kappa shape index (κ2) is 9.82. The third-order valence-corrected chi connectivity index (χ3v) is 6.72. The maximum Gasteiger partial charge on any atom is 0.266 e. The van der Waals surface area contributed by atoms with Crippen LogP contribution >= 0.6 is 0 Å². The van der Waals surface area contributed by atoms with Gasteiger partial charge in [0.1, 0.15) is 35.3 Å². The monoisotopic (exact) mass is 515 g/mol. The van der Waals surface area contributed by atoms with Gasteiger partial charge >= 0.3 is 0 Å². The summed E-state index contributed by atoms with van der Waals surface area (Å²) in [4.78, 5) is 34.5. The van der Waals surface area contributed by atoms with E-state index >= 15 is 0 Å². The lowest BCUT2D eigenvalue weighted by molar-refractivity contribution is 0.00743. The molecule has 6 rings (SSSR count). The minimum Gasteiger partial charge on any atom is -0.488 e. The first-order valence-corrected chi connectivity index (χ1v) is 12.5. The van der Waals surface area contributed by atoms with Crippen molar-refractivity contribution in [1.29, 1.82) is 0 Å². The fourth-order valence-electron chi connectivity index (χ4n) is 4.80. The van der Waals surface area contributed by atoms with Crippen LogP contribution in [0.4, 0.5) is 10.2 Å². The van der Waals surface area contributed by atoms with Crippen molar-refractivity contribution in [2.75, 3.05) is 18.5 Å². The van der Waals surface area contributed by atoms with Crippen LogP contribution in [-0.4, -0.2) is 48.8 Å². The second-order valence-corrected chi connectivity index (χ2v) is 9.32. The predicted octanol–water partition coefficient (Wildman–Crippen LogP) is 4.23. The van der Waals surface area contributed by atoms with Crippen molar-refractivity contribution < 1.29 is 13.9 Å². The Morgan fingerprint density at radius 2 is 2.13 bits per heavy atom. The zero-order valence-corrected chi connectivity index (χ0v) is 20.9. The molecule has 4 heterocycles. The summed E-state index contributed by atoms with van der Waals surface area (Å²) in [5.74, 6) is 1.10. The number of aromatic amines is 1. The van der Waals surface area contributed by atoms with E-state index in [1.807, 2.05) is 25.1 Å². The average Bonchev–Trinajstić information content (AvgIpc) is 3.41. The number of aromatic nitrogens is 6. The largest absolute Gasteiger partial charge is 0.488 e. The fraction of sp³-hybridized carbons (Fsp3) is 0.296. The molecule has 0 spiro atoms. The van der Waals surface area contributed by atoms with Gasteiger partial charge in [0.2, 0.25) is 0 Å². The number of hydrogen-bond donors (Lipinski definition) is 2. The minimum atomic E-state index is -0.477. The number of nitrogens with zero attached hydrogens (tertiary/aromatic N) is 5. The van der Waals surface area contributed by atoms with Crippen LogP contribution in [0, 0.1) is 12.7 Å². The average molecular weight is 516 g/mol. The number of H-pyrrole nitrogens is 1. The molecule has 2 N–H and O–H groups in total. The van der Waals surface area contributed by atoms with Crippen LogP contribution in [0.2, 0.25) is 0 Å². The van der Waals surface area contributed by atoms with Gasteiger partial charge in [-0.25, -0.2) is 24.3 Å². The molecule has 0 aliphatic carbocycles. The molecule has 0 radical (unpaired) electrons. The van der Waals surface area contributed by atoms with Crippen molar-refractivity contribution in [3.05, 3.63) is 76.6 Å². The molecular weight excluding hydrogens is 489 g/mol. The van der Waals surface area contributed by atoms with E-state index in [1.165, 1.54) is 23.0 Å². The summed E-state index contributed by atoms with van der Waals surface area (Å²) in [6.45, 7) is 4.72. The van der Waals surface area contributed by atoms with Gasteiger partial charge in [-0.2, -0.15) is 0 Å². The number of benzene rings is 2. The van der Waals surface area contributed by atoms with E-state index in [-0.39, 0.29) is 22.6 Å². The Kier molecular flexibility index (Phi) is 6.20. The summed E-state index contributed by atoms with van der Waals surface area (Å²) in [6, 6.07) is 9.66. The number of anilines is 1. The predicted molar refractivity (Wildman–Crippen MR) is 140 cm³/mol. The number of fused-ring (bicyclic) bond motifs is 2. The Morgan fingerprint density at radius 3 is 2.97 bits per heavy atom. The Balaban J connectivity index is 1.48. The molecule has 3 aromatic heterocycles. The van der Waals surface area contributed by atoms with Crippen LogP contribution < -0.4 is 15.6 Å². The summed E-state index contributed by atoms with van der Waals surface area (Å²) in [5.41, 5.74) is 2.00. The molecule has 38 heavy (non-hydrogen) atoms. The first-order chi connectivity index (χ1) is 18.5. The first kappa shape index (κ1) is 24.0. The van der Waals surface area contributed by atoms with Crippen molar-refractivity contribution in [3.8, 4) is 11.4 Å². The minimum absolute atomic E-state index is 0.0589. The number of aryl methyl sites for hydroxylation is 1. The Labute approximate surface area is 216 Å². The second-order valence-electron chi connectivity index (χ2n) is 9.32. The first-order valence-electron chi connectivity index (χ1n) is 12.5. The number of imidazole rings is 1. The maximum atomic E-state index is 14.5. The van der Waals surface area contributed by atoms with Crippen LogP contribution in [-0.2, 0) is 4.74 Å². The molecule has 0 saturated carbocycles. The van der Waals surface area contributed by atoms with E-state index < -0.39 is 11.9 Å². The number of halogens is 1. The standard InChI is InChI=1S/C27H26FN7O3/c1-15-20(28)8-9-21-22(15)27(36)35(17-5-3-6-18(11-17)38-19-7-4-10-37-12-19)26(34-21)16(2)33-25-23-24(30-13-29-23)31-14-32-25/h3,5-6,8-9,11,13-14,16,19H,4,7,10,12H2,1-2H3,(H2,29,30,31,32,33). The van der Waals surface area contributed by atoms with Crippen LogP contribution in [0.15, 0.2) is 53.8 Å². The molecule has 0 amide bonds. The summed E-state index contributed by atoms with van der Waals surface area (Å²) >= 11 is 0. The molecule has 11 heteroatoms. The molecular formula is C27H26FN7O3. The van der Waals surface area contributed by atoms with Crippen molar-refractivity contribution in [2.45, 2.75) is 38.8 Å². The van der Waals surface area contributed by atoms with Crippen LogP contribution in [0.1, 0.15) is 37.2 Å². The van der Waals surface area contributed by atoms with Gasteiger partial charge in [-0.1, -0.05) is 6.07 Å². The van der Waals surface area contributed by atoms with Crippen molar-refractivity contribution >= 4 is 27.9 Å². The number of rotatable bonds is 6. The smallest absolute Gasteiger partial charge is 0.266 e. The number of nitrogens with one attached hydrogen (secondary N) is 2. The van der Waals surface area contributed by atoms with Gasteiger partial charge in [-0.05, 0) is 56.5 Å². The molecule has 2 atom stereocenters. The number of ether oxygens (including phenoxy) is 2. The Morgan fingerprint density at radius 1 is 1.24 bits per heavy atom. The SMILES string of the molecule is Cc1c(F)ccc2nc(C(C)Nc3ncnc4nc[nH]c34)n(-c3cccc(OC4CCCOC4)c3)c(=O)c12. The Hall–Kier alpha value is -4.38. The summed E-state index contributed by atoms with van der Waals surface area (Å²) in [6.07, 6.45) is 4.73. The summed E-state index contributed by atoms with van der Waals surface area (Å²) in [5, 5.41) is 3.56. The number of hydrogen-bond acceptors (Lipinski definition) is 8. The molecule has 1 aliphatic heterocycles. The zero-order chi connectivity index (χ0) is 26.2. The van der Waals surface area contributed by atoms with E-state index in [1.54, 1.807) is 19.3 Å². The molecule has 1 aliphatic rings. The summed E-state index contributed by atoms with van der Waals surface area (Å²) < 4.78 is 27.7. The quantitative estimate of drug-likeness (QED) is 0.345. The van der Waals surface area contributed by atoms with E-state index in [2.05, 4.69) is 25.3 Å². The molecule has 1 saturated heterocycles. The highest BCUT2D eigenvalue weighted by Crippen LogP contribution is 2.27. The zero-order valence-electron chi connectivity index (χ0n) is 20.9. The highest BCUT2D eigenvalue weighted by molar-refractivity contribution is 5.83. The molecule has 10 nitrogen and oxygen atoms in total. The maximum absolute atomic E-state index is 14.5. The van der Waals surface area contributed by atoms with Crippen LogP contribution in [0.25, 0.3) is 27.8 Å². The van der Waals surface area contributed by atoms with Gasteiger partial charge < -0.3 is 19.8 Å². The van der Waals surface area contributed by atoms with Gasteiger partial charge in [0.05, 0.1) is 35.6 Å². The van der Waals surface area contributed by atoms with E-state index in [4.69, 9.17) is 14.5 Å². The molecule has 2 aromatic carbocycles. The highest BCUT2D eigenvalue weighted by Gasteiger charge is 2.22. The molecule has 194 valence electrons. The van der Waals surface area contributed by atoms with Gasteiger partial charge in [-0.3, -0.25) is 9.36 Å². The normalized spacial score (nSPS) is 16.6. The van der Waals surface area contributed by atoms with Gasteiger partial charge in [0.15, 0.2) is 11.5 Å². The highest BCUT2D eigenvalue weighted by atomic mass is 19.1.